The molecule has 1 heterocycles. The molecule has 0 spiro atoms. The van der Waals surface area contributed by atoms with E-state index in [1.54, 1.807) is 6.07 Å². The van der Waals surface area contributed by atoms with E-state index in [-0.39, 0.29) is 29.3 Å². The summed E-state index contributed by atoms with van der Waals surface area (Å²) in [6, 6.07) is 7.71. The molecular weight excluding hydrogens is 495 g/mol. The van der Waals surface area contributed by atoms with E-state index in [1.165, 1.54) is 42.7 Å². The van der Waals surface area contributed by atoms with Gasteiger partial charge in [-0.25, -0.2) is 4.39 Å². The zero-order chi connectivity index (χ0) is 29.3. The maximum atomic E-state index is 14.9. The van der Waals surface area contributed by atoms with Gasteiger partial charge in [-0.05, 0) is 106 Å². The molecule has 1 aliphatic heterocycles. The summed E-state index contributed by atoms with van der Waals surface area (Å²) in [4.78, 5) is 7.73. The number of piperidine rings is 1. The van der Waals surface area contributed by atoms with E-state index in [9.17, 15) is 4.39 Å². The van der Waals surface area contributed by atoms with Gasteiger partial charge in [0.25, 0.3) is 0 Å². The van der Waals surface area contributed by atoms with Crippen LogP contribution < -0.4 is 0 Å². The van der Waals surface area contributed by atoms with Crippen LogP contribution in [0.5, 0.6) is 0 Å². The molecule has 4 heteroatoms. The molecule has 0 N–H and O–H groups in total. The zero-order valence-corrected chi connectivity index (χ0v) is 27.0. The Morgan fingerprint density at radius 1 is 1.12 bits per heavy atom. The second-order valence-electron chi connectivity index (χ2n) is 13.0. The first-order chi connectivity index (χ1) is 19.2. The van der Waals surface area contributed by atoms with Crippen LogP contribution in [-0.2, 0) is 10.2 Å². The van der Waals surface area contributed by atoms with Gasteiger partial charge in [0.05, 0.1) is 12.1 Å². The lowest BCUT2D eigenvalue weighted by molar-refractivity contribution is 0.00559. The van der Waals surface area contributed by atoms with E-state index in [4.69, 9.17) is 9.73 Å². The predicted octanol–water partition coefficient (Wildman–Crippen LogP) is 9.26. The number of benzene rings is 1. The molecule has 2 aliphatic rings. The number of hydrogen-bond acceptors (Lipinski definition) is 3. The number of aliphatic imine (C=N–C) groups is 1. The quantitative estimate of drug-likeness (QED) is 0.159. The highest BCUT2D eigenvalue weighted by Crippen LogP contribution is 2.53. The van der Waals surface area contributed by atoms with Crippen molar-refractivity contribution < 1.29 is 9.13 Å². The molecule has 0 bridgehead atoms. The van der Waals surface area contributed by atoms with Crippen LogP contribution in [0, 0.1) is 29.5 Å². The van der Waals surface area contributed by atoms with E-state index in [0.717, 1.165) is 63.5 Å². The van der Waals surface area contributed by atoms with E-state index in [1.807, 2.05) is 19.2 Å². The summed E-state index contributed by atoms with van der Waals surface area (Å²) in [5.74, 6) is 2.17. The molecular formula is C36H59FN2O. The Morgan fingerprint density at radius 2 is 1.85 bits per heavy atom. The lowest BCUT2D eigenvalue weighted by Gasteiger charge is -2.50. The fraction of sp³-hybridized carbons (Fsp3) is 0.750. The zero-order valence-electron chi connectivity index (χ0n) is 27.0. The fourth-order valence-electron chi connectivity index (χ4n) is 7.80. The van der Waals surface area contributed by atoms with Gasteiger partial charge in [-0.2, -0.15) is 0 Å². The molecule has 0 amide bonds. The van der Waals surface area contributed by atoms with Crippen molar-refractivity contribution in [2.75, 3.05) is 26.7 Å². The predicted molar refractivity (Wildman–Crippen MR) is 170 cm³/mol. The molecule has 6 atom stereocenters. The average Bonchev–Trinajstić information content (AvgIpc) is 3.41. The molecule has 40 heavy (non-hydrogen) atoms. The summed E-state index contributed by atoms with van der Waals surface area (Å²) in [7, 11) is 1.87. The van der Waals surface area contributed by atoms with Crippen molar-refractivity contribution >= 4 is 5.71 Å². The second kappa shape index (κ2) is 15.6. The number of rotatable bonds is 15. The van der Waals surface area contributed by atoms with Crippen molar-refractivity contribution in [3.05, 3.63) is 47.3 Å². The third kappa shape index (κ3) is 7.85. The van der Waals surface area contributed by atoms with Crippen LogP contribution in [0.4, 0.5) is 4.39 Å². The van der Waals surface area contributed by atoms with Gasteiger partial charge in [0, 0.05) is 30.7 Å². The van der Waals surface area contributed by atoms with Gasteiger partial charge in [0.1, 0.15) is 5.82 Å². The fourth-order valence-corrected chi connectivity index (χ4v) is 7.80. The minimum Gasteiger partial charge on any atom is -0.380 e. The molecule has 3 rings (SSSR count). The van der Waals surface area contributed by atoms with Crippen LogP contribution >= 0.6 is 0 Å². The third-order valence-corrected chi connectivity index (χ3v) is 10.5. The van der Waals surface area contributed by atoms with Crippen molar-refractivity contribution in [2.24, 2.45) is 28.7 Å². The molecule has 4 unspecified atom stereocenters. The smallest absolute Gasteiger partial charge is 0.123 e. The Hall–Kier alpha value is -1.52. The molecule has 3 nitrogen and oxygen atoms in total. The van der Waals surface area contributed by atoms with E-state index in [0.29, 0.717) is 5.92 Å². The molecule has 1 aliphatic carbocycles. The van der Waals surface area contributed by atoms with Crippen LogP contribution in [0.25, 0.3) is 0 Å². The van der Waals surface area contributed by atoms with E-state index < -0.39 is 0 Å². The Labute approximate surface area is 246 Å². The lowest BCUT2D eigenvalue weighted by atomic mass is 9.57. The first kappa shape index (κ1) is 33.0. The minimum absolute atomic E-state index is 0.0995. The van der Waals surface area contributed by atoms with Gasteiger partial charge in [-0.1, -0.05) is 72.1 Å². The van der Waals surface area contributed by atoms with Crippen molar-refractivity contribution in [1.82, 2.24) is 4.90 Å². The van der Waals surface area contributed by atoms with Gasteiger partial charge in [-0.15, -0.1) is 0 Å². The van der Waals surface area contributed by atoms with Crippen LogP contribution in [-0.4, -0.2) is 49.5 Å². The molecule has 1 saturated heterocycles. The SMILES string of the molecule is CCC[C@@](c1cccc(F)c1)(C1CCN(CC(CC)CC(C)CC)CC1)C1C=C(C(C)N=C(C)CC)C[C@@H]1OC. The van der Waals surface area contributed by atoms with Crippen LogP contribution in [0.1, 0.15) is 112 Å². The Morgan fingerprint density at radius 3 is 2.42 bits per heavy atom. The van der Waals surface area contributed by atoms with Crippen molar-refractivity contribution in [1.29, 1.82) is 0 Å². The normalized spacial score (nSPS) is 24.9. The van der Waals surface area contributed by atoms with Gasteiger partial charge in [-0.3, -0.25) is 4.99 Å². The number of halogens is 1. The van der Waals surface area contributed by atoms with Crippen LogP contribution in [0.15, 0.2) is 40.9 Å². The van der Waals surface area contributed by atoms with Crippen molar-refractivity contribution in [3.8, 4) is 0 Å². The Bertz CT molecular complexity index is 965. The second-order valence-corrected chi connectivity index (χ2v) is 13.0. The summed E-state index contributed by atoms with van der Waals surface area (Å²) >= 11 is 0. The average molecular weight is 555 g/mol. The molecule has 1 aromatic rings. The summed E-state index contributed by atoms with van der Waals surface area (Å²) in [5.41, 5.74) is 3.60. The Kier molecular flexibility index (Phi) is 12.9. The van der Waals surface area contributed by atoms with Crippen molar-refractivity contribution in [3.63, 3.8) is 0 Å². The number of likely N-dealkylation sites (tertiary alicyclic amines) is 1. The molecule has 1 aromatic carbocycles. The van der Waals surface area contributed by atoms with Gasteiger partial charge in [0.2, 0.25) is 0 Å². The topological polar surface area (TPSA) is 24.8 Å². The maximum Gasteiger partial charge on any atom is 0.123 e. The molecule has 1 fully saturated rings. The summed E-state index contributed by atoms with van der Waals surface area (Å²) in [5, 5.41) is 0. The highest BCUT2D eigenvalue weighted by molar-refractivity contribution is 5.81. The van der Waals surface area contributed by atoms with Crippen LogP contribution in [0.2, 0.25) is 0 Å². The minimum atomic E-state index is -0.143. The van der Waals surface area contributed by atoms with Gasteiger partial charge >= 0.3 is 0 Å². The molecule has 226 valence electrons. The van der Waals surface area contributed by atoms with Crippen molar-refractivity contribution in [2.45, 2.75) is 124 Å². The first-order valence-corrected chi connectivity index (χ1v) is 16.5. The monoisotopic (exact) mass is 554 g/mol. The van der Waals surface area contributed by atoms with Gasteiger partial charge < -0.3 is 9.64 Å². The molecule has 0 aromatic heterocycles. The molecule has 0 radical (unpaired) electrons. The Balaban J connectivity index is 1.96. The standard InChI is InChI=1S/C36H59FN2O/c1-9-18-36(32-14-13-15-33(37)24-32,34-22-30(23-35(34)40-8)28(7)38-27(6)11-3)31-16-19-39(20-17-31)25-29(12-4)21-26(5)10-2/h13-15,22,24,26,28-29,31,34-35H,9-12,16-21,23,25H2,1-8H3/t26?,28?,29?,34?,35-,36-/m0/s1. The van der Waals surface area contributed by atoms with E-state index >= 15 is 0 Å². The first-order valence-electron chi connectivity index (χ1n) is 16.5. The third-order valence-electron chi connectivity index (χ3n) is 10.5. The number of hydrogen-bond donors (Lipinski definition) is 0. The maximum absolute atomic E-state index is 14.9. The lowest BCUT2D eigenvalue weighted by Crippen LogP contribution is -2.50. The van der Waals surface area contributed by atoms with Crippen LogP contribution in [0.3, 0.4) is 0 Å². The summed E-state index contributed by atoms with van der Waals surface area (Å²) in [6.45, 7) is 19.4. The summed E-state index contributed by atoms with van der Waals surface area (Å²) < 4.78 is 21.1. The summed E-state index contributed by atoms with van der Waals surface area (Å²) in [6.07, 6.45) is 12.8. The highest BCUT2D eigenvalue weighted by Gasteiger charge is 2.51. The number of nitrogens with zero attached hydrogens (tertiary/aromatic N) is 2. The van der Waals surface area contributed by atoms with E-state index in [2.05, 4.69) is 65.5 Å². The largest absolute Gasteiger partial charge is 0.380 e. The number of methoxy groups -OCH3 is 1. The highest BCUT2D eigenvalue weighted by atomic mass is 19.1. The molecule has 0 saturated carbocycles. The number of ether oxygens (including phenoxy) is 1. The van der Waals surface area contributed by atoms with Gasteiger partial charge in [0.15, 0.2) is 0 Å².